The lowest BCUT2D eigenvalue weighted by Gasteiger charge is -2.13. The quantitative estimate of drug-likeness (QED) is 0.756. The van der Waals surface area contributed by atoms with E-state index in [0.717, 1.165) is 18.9 Å². The number of carboxylic acid groups (broad SMARTS) is 1. The van der Waals surface area contributed by atoms with Gasteiger partial charge in [0.2, 0.25) is 5.43 Å². The molecule has 0 spiro atoms. The van der Waals surface area contributed by atoms with Crippen LogP contribution < -0.4 is 11.2 Å². The Morgan fingerprint density at radius 2 is 2.04 bits per heavy atom. The number of aromatic carboxylic acids is 1. The number of pyridine rings is 1. The maximum atomic E-state index is 14.6. The van der Waals surface area contributed by atoms with Crippen LogP contribution in [0.1, 0.15) is 29.2 Å². The Balaban J connectivity index is 2.03. The van der Waals surface area contributed by atoms with Gasteiger partial charge in [-0.1, -0.05) is 0 Å². The van der Waals surface area contributed by atoms with Crippen LogP contribution in [-0.4, -0.2) is 25.6 Å². The average Bonchev–Trinajstić information content (AvgIpc) is 3.41. The average molecular weight is 340 g/mol. The second-order valence-corrected chi connectivity index (χ2v) is 5.99. The first-order valence-corrected chi connectivity index (χ1v) is 7.65. The molecule has 0 amide bonds. The number of nitrogens with zero attached hydrogens (tertiary/aromatic N) is 3. The van der Waals surface area contributed by atoms with E-state index in [4.69, 9.17) is 5.73 Å². The molecule has 0 radical (unpaired) electrons. The van der Waals surface area contributed by atoms with E-state index >= 15 is 0 Å². The summed E-state index contributed by atoms with van der Waals surface area (Å²) in [5.41, 5.74) is 5.38. The topological polar surface area (TPSA) is 111 Å². The van der Waals surface area contributed by atoms with Gasteiger partial charge in [-0.2, -0.15) is 0 Å². The van der Waals surface area contributed by atoms with Gasteiger partial charge in [0.15, 0.2) is 0 Å². The molecule has 3 N–H and O–H groups in total. The van der Waals surface area contributed by atoms with Gasteiger partial charge in [-0.15, -0.1) is 0 Å². The molecule has 1 fully saturated rings. The van der Waals surface area contributed by atoms with Crippen molar-refractivity contribution in [3.8, 4) is 11.3 Å². The van der Waals surface area contributed by atoms with Gasteiger partial charge in [-0.05, 0) is 25.0 Å². The first kappa shape index (κ1) is 15.3. The first-order chi connectivity index (χ1) is 12.0. The molecule has 2 aromatic heterocycles. The zero-order chi connectivity index (χ0) is 17.7. The third kappa shape index (κ3) is 2.51. The number of aromatic nitrogens is 3. The molecule has 0 aliphatic heterocycles. The molecular formula is C17H13FN4O3. The highest BCUT2D eigenvalue weighted by atomic mass is 19.1. The van der Waals surface area contributed by atoms with Gasteiger partial charge in [0.1, 0.15) is 17.2 Å². The maximum absolute atomic E-state index is 14.6. The number of carboxylic acids is 1. The van der Waals surface area contributed by atoms with Gasteiger partial charge >= 0.3 is 5.97 Å². The number of fused-ring (bicyclic) bond motifs is 1. The van der Waals surface area contributed by atoms with E-state index in [1.807, 2.05) is 0 Å². The summed E-state index contributed by atoms with van der Waals surface area (Å²) < 4.78 is 16.3. The standard InChI is InChI=1S/C17H13FN4O3/c18-12-3-10-14(4-9(12)13-5-21-15(19)6-20-13)22(8-1-2-8)7-11(16(10)23)17(24)25/h3-8H,1-2H2,(H2,19,21)(H,24,25). The predicted molar refractivity (Wildman–Crippen MR) is 88.8 cm³/mol. The van der Waals surface area contributed by atoms with Crippen LogP contribution in [-0.2, 0) is 0 Å². The number of hydrogen-bond donors (Lipinski definition) is 2. The minimum atomic E-state index is -1.32. The van der Waals surface area contributed by atoms with Crippen molar-refractivity contribution in [1.82, 2.24) is 14.5 Å². The summed E-state index contributed by atoms with van der Waals surface area (Å²) in [4.78, 5) is 31.7. The predicted octanol–water partition coefficient (Wildman–Crippen LogP) is 2.21. The molecule has 126 valence electrons. The number of anilines is 1. The van der Waals surface area contributed by atoms with Gasteiger partial charge in [0.05, 0.1) is 23.6 Å². The number of nitrogen functional groups attached to an aromatic ring is 1. The monoisotopic (exact) mass is 340 g/mol. The van der Waals surface area contributed by atoms with E-state index in [0.29, 0.717) is 5.52 Å². The van der Waals surface area contributed by atoms with Crippen LogP contribution >= 0.6 is 0 Å². The Morgan fingerprint density at radius 3 is 2.64 bits per heavy atom. The minimum Gasteiger partial charge on any atom is -0.477 e. The summed E-state index contributed by atoms with van der Waals surface area (Å²) in [6, 6.07) is 2.68. The summed E-state index contributed by atoms with van der Waals surface area (Å²) in [5, 5.41) is 9.28. The molecule has 0 bridgehead atoms. The Morgan fingerprint density at radius 1 is 1.28 bits per heavy atom. The van der Waals surface area contributed by atoms with Gasteiger partial charge in [-0.3, -0.25) is 9.78 Å². The molecule has 4 rings (SSSR count). The number of nitrogens with two attached hydrogens (primary N) is 1. The van der Waals surface area contributed by atoms with Crippen LogP contribution in [0.2, 0.25) is 0 Å². The van der Waals surface area contributed by atoms with Gasteiger partial charge in [-0.25, -0.2) is 14.2 Å². The van der Waals surface area contributed by atoms with Crippen molar-refractivity contribution in [3.63, 3.8) is 0 Å². The summed E-state index contributed by atoms with van der Waals surface area (Å²) in [6.07, 6.45) is 5.77. The van der Waals surface area contributed by atoms with Crippen LogP contribution in [0.3, 0.4) is 0 Å². The van der Waals surface area contributed by atoms with E-state index in [1.54, 1.807) is 4.57 Å². The highest BCUT2D eigenvalue weighted by molar-refractivity contribution is 5.93. The van der Waals surface area contributed by atoms with Crippen molar-refractivity contribution in [3.05, 3.63) is 52.3 Å². The van der Waals surface area contributed by atoms with Crippen LogP contribution in [0, 0.1) is 5.82 Å². The highest BCUT2D eigenvalue weighted by Gasteiger charge is 2.27. The van der Waals surface area contributed by atoms with Gasteiger partial charge in [0, 0.05) is 23.2 Å². The highest BCUT2D eigenvalue weighted by Crippen LogP contribution is 2.38. The summed E-state index contributed by atoms with van der Waals surface area (Å²) >= 11 is 0. The Bertz CT molecular complexity index is 1070. The SMILES string of the molecule is Nc1cnc(-c2cc3c(cc2F)c(=O)c(C(=O)O)cn3C2CC2)cn1. The largest absolute Gasteiger partial charge is 0.477 e. The molecule has 3 aromatic rings. The fourth-order valence-corrected chi connectivity index (χ4v) is 2.85. The molecule has 8 heteroatoms. The third-order valence-electron chi connectivity index (χ3n) is 4.24. The fraction of sp³-hybridized carbons (Fsp3) is 0.176. The molecule has 2 heterocycles. The number of benzene rings is 1. The van der Waals surface area contributed by atoms with Crippen molar-refractivity contribution in [1.29, 1.82) is 0 Å². The van der Waals surface area contributed by atoms with E-state index in [1.165, 1.54) is 24.7 Å². The van der Waals surface area contributed by atoms with Crippen LogP contribution in [0.25, 0.3) is 22.2 Å². The van der Waals surface area contributed by atoms with Crippen LogP contribution in [0.5, 0.6) is 0 Å². The lowest BCUT2D eigenvalue weighted by atomic mass is 10.1. The molecule has 1 saturated carbocycles. The van der Waals surface area contributed by atoms with Crippen molar-refractivity contribution in [2.24, 2.45) is 0 Å². The molecule has 7 nitrogen and oxygen atoms in total. The number of carbonyl (C=O) groups is 1. The normalized spacial score (nSPS) is 14.0. The zero-order valence-electron chi connectivity index (χ0n) is 12.9. The van der Waals surface area contributed by atoms with Gasteiger partial charge in [0.25, 0.3) is 0 Å². The summed E-state index contributed by atoms with van der Waals surface area (Å²) in [5.74, 6) is -1.78. The van der Waals surface area contributed by atoms with E-state index in [-0.39, 0.29) is 34.1 Å². The van der Waals surface area contributed by atoms with Crippen molar-refractivity contribution < 1.29 is 14.3 Å². The molecule has 1 aliphatic rings. The number of hydrogen-bond acceptors (Lipinski definition) is 5. The first-order valence-electron chi connectivity index (χ1n) is 7.65. The van der Waals surface area contributed by atoms with Crippen LogP contribution in [0.15, 0.2) is 35.5 Å². The second kappa shape index (κ2) is 5.37. The molecular weight excluding hydrogens is 327 g/mol. The smallest absolute Gasteiger partial charge is 0.341 e. The molecule has 0 saturated heterocycles. The van der Waals surface area contributed by atoms with Crippen LogP contribution in [0.4, 0.5) is 10.2 Å². The lowest BCUT2D eigenvalue weighted by molar-refractivity contribution is 0.0695. The maximum Gasteiger partial charge on any atom is 0.341 e. The minimum absolute atomic E-state index is 0.0384. The third-order valence-corrected chi connectivity index (χ3v) is 4.24. The van der Waals surface area contributed by atoms with E-state index in [2.05, 4.69) is 9.97 Å². The molecule has 1 aromatic carbocycles. The van der Waals surface area contributed by atoms with Gasteiger partial charge < -0.3 is 15.4 Å². The van der Waals surface area contributed by atoms with Crippen molar-refractivity contribution >= 4 is 22.7 Å². The fourth-order valence-electron chi connectivity index (χ4n) is 2.85. The Hall–Kier alpha value is -3.29. The lowest BCUT2D eigenvalue weighted by Crippen LogP contribution is -2.19. The molecule has 0 unspecified atom stereocenters. The van der Waals surface area contributed by atoms with E-state index < -0.39 is 17.2 Å². The molecule has 0 atom stereocenters. The Kier molecular flexibility index (Phi) is 3.28. The summed E-state index contributed by atoms with van der Waals surface area (Å²) in [7, 11) is 0. The van der Waals surface area contributed by atoms with E-state index in [9.17, 15) is 19.1 Å². The number of halogens is 1. The second-order valence-electron chi connectivity index (χ2n) is 5.99. The zero-order valence-corrected chi connectivity index (χ0v) is 12.9. The van der Waals surface area contributed by atoms with Crippen molar-refractivity contribution in [2.75, 3.05) is 5.73 Å². The summed E-state index contributed by atoms with van der Waals surface area (Å²) in [6.45, 7) is 0. The number of rotatable bonds is 3. The molecule has 1 aliphatic carbocycles. The van der Waals surface area contributed by atoms with Crippen molar-refractivity contribution in [2.45, 2.75) is 18.9 Å². The Labute approximate surface area is 140 Å². The molecule has 25 heavy (non-hydrogen) atoms.